The molecule has 11 heteroatoms. The maximum Gasteiger partial charge on any atom is 0.422 e. The maximum atomic E-state index is 11.5. The lowest BCUT2D eigenvalue weighted by Crippen LogP contribution is -2.35. The van der Waals surface area contributed by atoms with Crippen LogP contribution in [0.15, 0.2) is 10.5 Å². The Kier molecular flexibility index (Phi) is 5.06. The van der Waals surface area contributed by atoms with E-state index in [0.29, 0.717) is 5.69 Å². The summed E-state index contributed by atoms with van der Waals surface area (Å²) in [7, 11) is -4.10. The molecule has 3 N–H and O–H groups in total. The van der Waals surface area contributed by atoms with E-state index in [4.69, 9.17) is 5.21 Å². The molecular weight excluding hydrogens is 296 g/mol. The zero-order valence-electron chi connectivity index (χ0n) is 10.1. The molecule has 1 rings (SSSR count). The highest BCUT2D eigenvalue weighted by Gasteiger charge is 2.17. The van der Waals surface area contributed by atoms with E-state index in [9.17, 15) is 13.2 Å². The first-order chi connectivity index (χ1) is 8.88. The van der Waals surface area contributed by atoms with Crippen molar-refractivity contribution in [1.82, 2.24) is 9.71 Å². The third kappa shape index (κ3) is 4.71. The van der Waals surface area contributed by atoms with Gasteiger partial charge in [0, 0.05) is 5.38 Å². The van der Waals surface area contributed by atoms with Gasteiger partial charge in [-0.2, -0.15) is 8.42 Å². The Bertz CT molecular complexity index is 580. The van der Waals surface area contributed by atoms with Crippen LogP contribution in [0.5, 0.6) is 0 Å². The van der Waals surface area contributed by atoms with Crippen molar-refractivity contribution in [2.24, 2.45) is 5.16 Å². The number of carbonyl (C=O) groups is 1. The van der Waals surface area contributed by atoms with Crippen molar-refractivity contribution in [1.29, 1.82) is 0 Å². The highest BCUT2D eigenvalue weighted by Crippen LogP contribution is 2.16. The zero-order valence-corrected chi connectivity index (χ0v) is 11.7. The van der Waals surface area contributed by atoms with E-state index < -0.39 is 16.3 Å². The summed E-state index contributed by atoms with van der Waals surface area (Å²) < 4.78 is 31.1. The number of aromatic nitrogens is 1. The lowest BCUT2D eigenvalue weighted by Gasteiger charge is -2.06. The summed E-state index contributed by atoms with van der Waals surface area (Å²) in [4.78, 5) is 14.9. The predicted octanol–water partition coefficient (Wildman–Crippen LogP) is 0.744. The number of carbonyl (C=O) groups excluding carboxylic acids is 1. The van der Waals surface area contributed by atoms with E-state index in [1.165, 1.54) is 12.3 Å². The van der Waals surface area contributed by atoms with Crippen LogP contribution in [0.4, 0.5) is 9.93 Å². The number of rotatable bonds is 5. The van der Waals surface area contributed by atoms with Crippen LogP contribution in [0.2, 0.25) is 0 Å². The van der Waals surface area contributed by atoms with E-state index in [1.807, 2.05) is 4.72 Å². The van der Waals surface area contributed by atoms with E-state index >= 15 is 0 Å². The lowest BCUT2D eigenvalue weighted by atomic mass is 10.3. The first-order valence-electron chi connectivity index (χ1n) is 4.99. The number of amides is 1. The number of hydrogen-bond acceptors (Lipinski definition) is 8. The van der Waals surface area contributed by atoms with Crippen molar-refractivity contribution in [3.8, 4) is 0 Å². The number of thiazole rings is 1. The Morgan fingerprint density at radius 2 is 2.32 bits per heavy atom. The maximum absolute atomic E-state index is 11.5. The van der Waals surface area contributed by atoms with Gasteiger partial charge in [0.2, 0.25) is 0 Å². The van der Waals surface area contributed by atoms with Gasteiger partial charge < -0.3 is 9.94 Å². The summed E-state index contributed by atoms with van der Waals surface area (Å²) in [5.74, 6) is 0. The summed E-state index contributed by atoms with van der Waals surface area (Å²) >= 11 is 0.975. The average Bonchev–Trinajstić information content (AvgIpc) is 2.75. The monoisotopic (exact) mass is 308 g/mol. The Balaban J connectivity index is 2.73. The molecule has 0 unspecified atom stereocenters. The van der Waals surface area contributed by atoms with Crippen LogP contribution in [0.1, 0.15) is 19.5 Å². The van der Waals surface area contributed by atoms with Crippen LogP contribution in [0, 0.1) is 0 Å². The Morgan fingerprint density at radius 3 is 2.89 bits per heavy atom. The third-order valence-electron chi connectivity index (χ3n) is 1.74. The molecule has 0 radical (unpaired) electrons. The van der Waals surface area contributed by atoms with Crippen LogP contribution >= 0.6 is 11.3 Å². The molecule has 0 aliphatic rings. The SMILES string of the molecule is CCOC(=O)NS(=O)(=O)Nc1nc(C(C)=NO)cs1. The molecule has 0 atom stereocenters. The second-order valence-electron chi connectivity index (χ2n) is 3.15. The molecule has 106 valence electrons. The van der Waals surface area contributed by atoms with Gasteiger partial charge in [-0.25, -0.2) is 19.2 Å². The molecule has 0 aliphatic heterocycles. The van der Waals surface area contributed by atoms with Gasteiger partial charge in [0.1, 0.15) is 11.4 Å². The van der Waals surface area contributed by atoms with Gasteiger partial charge in [-0.05, 0) is 13.8 Å². The highest BCUT2D eigenvalue weighted by atomic mass is 32.2. The number of anilines is 1. The summed E-state index contributed by atoms with van der Waals surface area (Å²) in [6.45, 7) is 3.10. The minimum Gasteiger partial charge on any atom is -0.449 e. The molecule has 0 bridgehead atoms. The van der Waals surface area contributed by atoms with E-state index in [2.05, 4.69) is 14.9 Å². The van der Waals surface area contributed by atoms with Gasteiger partial charge in [-0.3, -0.25) is 0 Å². The molecule has 19 heavy (non-hydrogen) atoms. The number of oxime groups is 1. The summed E-state index contributed by atoms with van der Waals surface area (Å²) in [5, 5.41) is 13.0. The molecular formula is C8H12N4O5S2. The van der Waals surface area contributed by atoms with E-state index in [0.717, 1.165) is 11.3 Å². The average molecular weight is 308 g/mol. The Labute approximate surface area is 113 Å². The molecule has 1 heterocycles. The summed E-state index contributed by atoms with van der Waals surface area (Å²) in [5.41, 5.74) is 0.557. The highest BCUT2D eigenvalue weighted by molar-refractivity contribution is 7.91. The molecule has 0 aliphatic carbocycles. The van der Waals surface area contributed by atoms with Crippen LogP contribution in [-0.4, -0.2) is 37.0 Å². The Morgan fingerprint density at radius 1 is 1.63 bits per heavy atom. The van der Waals surface area contributed by atoms with E-state index in [-0.39, 0.29) is 17.5 Å². The van der Waals surface area contributed by atoms with Gasteiger partial charge >= 0.3 is 16.3 Å². The topological polar surface area (TPSA) is 130 Å². The van der Waals surface area contributed by atoms with Crippen molar-refractivity contribution in [3.05, 3.63) is 11.1 Å². The predicted molar refractivity (Wildman–Crippen MR) is 68.8 cm³/mol. The zero-order chi connectivity index (χ0) is 14.5. The fraction of sp³-hybridized carbons (Fsp3) is 0.375. The molecule has 1 aromatic rings. The normalized spacial score (nSPS) is 12.0. The van der Waals surface area contributed by atoms with Crippen molar-refractivity contribution in [2.75, 3.05) is 11.3 Å². The summed E-state index contributed by atoms with van der Waals surface area (Å²) in [6.07, 6.45) is -1.08. The second kappa shape index (κ2) is 6.33. The van der Waals surface area contributed by atoms with E-state index in [1.54, 1.807) is 11.6 Å². The third-order valence-corrected chi connectivity index (χ3v) is 3.52. The van der Waals surface area contributed by atoms with Crippen LogP contribution in [-0.2, 0) is 14.9 Å². The number of ether oxygens (including phenoxy) is 1. The van der Waals surface area contributed by atoms with Gasteiger partial charge in [-0.15, -0.1) is 11.3 Å². The first kappa shape index (κ1) is 15.2. The van der Waals surface area contributed by atoms with Gasteiger partial charge in [0.05, 0.1) is 6.61 Å². The number of nitrogens with one attached hydrogen (secondary N) is 2. The number of hydrogen-bond donors (Lipinski definition) is 3. The van der Waals surface area contributed by atoms with Crippen molar-refractivity contribution >= 4 is 38.5 Å². The van der Waals surface area contributed by atoms with Crippen LogP contribution in [0.3, 0.4) is 0 Å². The van der Waals surface area contributed by atoms with Crippen LogP contribution in [0.25, 0.3) is 0 Å². The number of nitrogens with zero attached hydrogens (tertiary/aromatic N) is 2. The first-order valence-corrected chi connectivity index (χ1v) is 7.36. The fourth-order valence-corrected chi connectivity index (χ4v) is 2.67. The van der Waals surface area contributed by atoms with Crippen molar-refractivity contribution < 1.29 is 23.2 Å². The molecule has 0 saturated carbocycles. The minimum absolute atomic E-state index is 0.0230. The molecule has 9 nitrogen and oxygen atoms in total. The summed E-state index contributed by atoms with van der Waals surface area (Å²) in [6, 6.07) is 0. The lowest BCUT2D eigenvalue weighted by molar-refractivity contribution is 0.159. The smallest absolute Gasteiger partial charge is 0.422 e. The largest absolute Gasteiger partial charge is 0.449 e. The van der Waals surface area contributed by atoms with Gasteiger partial charge in [-0.1, -0.05) is 5.16 Å². The molecule has 0 fully saturated rings. The fourth-order valence-electron chi connectivity index (χ4n) is 0.949. The Hall–Kier alpha value is -1.88. The van der Waals surface area contributed by atoms with Gasteiger partial charge in [0.15, 0.2) is 5.13 Å². The standard InChI is InChI=1S/C8H12N4O5S2/c1-3-17-8(13)12-19(15,16)11-7-9-6(4-18-7)5(2)10-14/h4,14H,3H2,1-2H3,(H,9,11)(H,12,13). The molecule has 1 aromatic heterocycles. The van der Waals surface area contributed by atoms with Crippen molar-refractivity contribution in [2.45, 2.75) is 13.8 Å². The van der Waals surface area contributed by atoms with Gasteiger partial charge in [0.25, 0.3) is 0 Å². The molecule has 1 amide bonds. The van der Waals surface area contributed by atoms with Crippen LogP contribution < -0.4 is 9.44 Å². The molecule has 0 saturated heterocycles. The minimum atomic E-state index is -4.10. The van der Waals surface area contributed by atoms with Crippen molar-refractivity contribution in [3.63, 3.8) is 0 Å². The second-order valence-corrected chi connectivity index (χ2v) is 5.42. The molecule has 0 aromatic carbocycles. The molecule has 0 spiro atoms. The quantitative estimate of drug-likeness (QED) is 0.418.